The zero-order chi connectivity index (χ0) is 21.4. The molecule has 0 radical (unpaired) electrons. The van der Waals surface area contributed by atoms with Crippen LogP contribution in [0.1, 0.15) is 28.9 Å². The molecule has 2 heterocycles. The number of carbonyl (C=O) groups excluding carboxylic acids is 1. The Hall–Kier alpha value is -3.41. The average Bonchev–Trinajstić information content (AvgIpc) is 3.43. The van der Waals surface area contributed by atoms with Gasteiger partial charge in [0.15, 0.2) is 0 Å². The zero-order valence-corrected chi connectivity index (χ0v) is 18.2. The second-order valence-corrected chi connectivity index (χ2v) is 8.71. The van der Waals surface area contributed by atoms with E-state index >= 15 is 0 Å². The molecule has 1 aliphatic heterocycles. The number of amides is 1. The normalized spacial score (nSPS) is 15.4. The lowest BCUT2D eigenvalue weighted by molar-refractivity contribution is 0.102. The minimum atomic E-state index is -0.108. The Kier molecular flexibility index (Phi) is 5.06. The molecule has 1 aromatic heterocycles. The van der Waals surface area contributed by atoms with Gasteiger partial charge < -0.3 is 10.7 Å². The van der Waals surface area contributed by atoms with E-state index < -0.39 is 0 Å². The highest BCUT2D eigenvalue weighted by molar-refractivity contribution is 7.13. The molecular formula is C26H23N3OS. The maximum atomic E-state index is 12.9. The van der Waals surface area contributed by atoms with Crippen molar-refractivity contribution in [3.05, 3.63) is 95.4 Å². The first kappa shape index (κ1) is 19.5. The lowest BCUT2D eigenvalue weighted by Gasteiger charge is -2.16. The molecule has 0 saturated heterocycles. The van der Waals surface area contributed by atoms with Crippen LogP contribution in [0, 0.1) is 0 Å². The summed E-state index contributed by atoms with van der Waals surface area (Å²) in [5, 5.41) is 7.22. The standard InChI is InChI=1S/C26H23N3OS/c1-17-25-22(11-5-12-23(25)28-29(17)2)18-7-4-10-21(16-18)27-26(30)20-9-3-8-19(15-20)24-13-6-14-31-24/h3-17,28H,1-2H3,(H,27,30). The molecule has 1 aliphatic rings. The van der Waals surface area contributed by atoms with Gasteiger partial charge in [0.2, 0.25) is 0 Å². The van der Waals surface area contributed by atoms with E-state index in [9.17, 15) is 4.79 Å². The summed E-state index contributed by atoms with van der Waals surface area (Å²) in [5.41, 5.74) is 10.6. The number of benzene rings is 3. The molecule has 0 saturated carbocycles. The third-order valence-electron chi connectivity index (χ3n) is 5.76. The summed E-state index contributed by atoms with van der Waals surface area (Å²) in [6.45, 7) is 2.19. The summed E-state index contributed by atoms with van der Waals surface area (Å²) >= 11 is 1.67. The van der Waals surface area contributed by atoms with Crippen LogP contribution in [0.2, 0.25) is 0 Å². The van der Waals surface area contributed by atoms with E-state index in [0.29, 0.717) is 5.56 Å². The van der Waals surface area contributed by atoms with Gasteiger partial charge in [0.25, 0.3) is 5.91 Å². The van der Waals surface area contributed by atoms with Crippen molar-refractivity contribution in [2.24, 2.45) is 0 Å². The first-order valence-corrected chi connectivity index (χ1v) is 11.2. The fourth-order valence-electron chi connectivity index (χ4n) is 4.07. The smallest absolute Gasteiger partial charge is 0.255 e. The minimum absolute atomic E-state index is 0.108. The molecule has 5 rings (SSSR count). The number of hydrogen-bond donors (Lipinski definition) is 2. The van der Waals surface area contributed by atoms with Crippen molar-refractivity contribution in [2.45, 2.75) is 13.0 Å². The summed E-state index contributed by atoms with van der Waals surface area (Å²) in [6, 6.07) is 26.5. The van der Waals surface area contributed by atoms with E-state index in [2.05, 4.69) is 60.1 Å². The molecule has 0 bridgehead atoms. The van der Waals surface area contributed by atoms with Crippen LogP contribution >= 0.6 is 11.3 Å². The van der Waals surface area contributed by atoms with Gasteiger partial charge in [0, 0.05) is 28.7 Å². The van der Waals surface area contributed by atoms with Gasteiger partial charge in [-0.05, 0) is 65.4 Å². The maximum absolute atomic E-state index is 12.9. The van der Waals surface area contributed by atoms with Gasteiger partial charge in [0.1, 0.15) is 0 Å². The summed E-state index contributed by atoms with van der Waals surface area (Å²) in [4.78, 5) is 14.1. The first-order chi connectivity index (χ1) is 15.1. The number of nitrogens with zero attached hydrogens (tertiary/aromatic N) is 1. The molecule has 1 unspecified atom stereocenters. The molecule has 154 valence electrons. The van der Waals surface area contributed by atoms with Crippen molar-refractivity contribution in [3.63, 3.8) is 0 Å². The minimum Gasteiger partial charge on any atom is -0.322 e. The number of hydrazine groups is 1. The maximum Gasteiger partial charge on any atom is 0.255 e. The summed E-state index contributed by atoms with van der Waals surface area (Å²) in [7, 11) is 2.05. The monoisotopic (exact) mass is 425 g/mol. The Morgan fingerprint density at radius 3 is 2.61 bits per heavy atom. The van der Waals surface area contributed by atoms with Crippen LogP contribution in [0.25, 0.3) is 21.6 Å². The van der Waals surface area contributed by atoms with E-state index in [1.807, 2.05) is 53.9 Å². The van der Waals surface area contributed by atoms with Gasteiger partial charge in [-0.15, -0.1) is 11.3 Å². The molecule has 1 amide bonds. The van der Waals surface area contributed by atoms with Crippen LogP contribution in [0.3, 0.4) is 0 Å². The number of carbonyl (C=O) groups is 1. The van der Waals surface area contributed by atoms with E-state index in [4.69, 9.17) is 0 Å². The number of hydrogen-bond acceptors (Lipinski definition) is 4. The van der Waals surface area contributed by atoms with Gasteiger partial charge in [-0.1, -0.05) is 42.5 Å². The Balaban J connectivity index is 1.42. The fraction of sp³-hybridized carbons (Fsp3) is 0.115. The van der Waals surface area contributed by atoms with Crippen molar-refractivity contribution >= 4 is 28.6 Å². The van der Waals surface area contributed by atoms with Crippen LogP contribution in [-0.4, -0.2) is 18.0 Å². The highest BCUT2D eigenvalue weighted by Crippen LogP contribution is 2.41. The van der Waals surface area contributed by atoms with Crippen LogP contribution < -0.4 is 10.7 Å². The molecule has 31 heavy (non-hydrogen) atoms. The Morgan fingerprint density at radius 1 is 0.968 bits per heavy atom. The lowest BCUT2D eigenvalue weighted by atomic mass is 9.94. The number of fused-ring (bicyclic) bond motifs is 1. The largest absolute Gasteiger partial charge is 0.322 e. The molecule has 0 fully saturated rings. The topological polar surface area (TPSA) is 44.4 Å². The average molecular weight is 426 g/mol. The number of anilines is 2. The molecule has 0 aliphatic carbocycles. The molecular weight excluding hydrogens is 402 g/mol. The second kappa shape index (κ2) is 8.02. The van der Waals surface area contributed by atoms with Crippen molar-refractivity contribution in [1.29, 1.82) is 0 Å². The zero-order valence-electron chi connectivity index (χ0n) is 17.4. The Labute approximate surface area is 186 Å². The summed E-state index contributed by atoms with van der Waals surface area (Å²) in [6.07, 6.45) is 0. The summed E-state index contributed by atoms with van der Waals surface area (Å²) in [5.74, 6) is -0.108. The third-order valence-corrected chi connectivity index (χ3v) is 6.68. The first-order valence-electron chi connectivity index (χ1n) is 10.3. The number of nitrogens with one attached hydrogen (secondary N) is 2. The van der Waals surface area contributed by atoms with E-state index in [1.165, 1.54) is 11.1 Å². The van der Waals surface area contributed by atoms with Crippen LogP contribution in [0.5, 0.6) is 0 Å². The lowest BCUT2D eigenvalue weighted by Crippen LogP contribution is -2.20. The molecule has 4 aromatic rings. The van der Waals surface area contributed by atoms with Gasteiger partial charge in [-0.3, -0.25) is 4.79 Å². The fourth-order valence-corrected chi connectivity index (χ4v) is 4.79. The van der Waals surface area contributed by atoms with E-state index in [-0.39, 0.29) is 11.9 Å². The van der Waals surface area contributed by atoms with Crippen LogP contribution in [-0.2, 0) is 0 Å². The second-order valence-electron chi connectivity index (χ2n) is 7.76. The van der Waals surface area contributed by atoms with Crippen molar-refractivity contribution in [3.8, 4) is 21.6 Å². The predicted molar refractivity (Wildman–Crippen MR) is 129 cm³/mol. The van der Waals surface area contributed by atoms with E-state index in [0.717, 1.165) is 27.4 Å². The molecule has 5 heteroatoms. The Bertz CT molecular complexity index is 1250. The summed E-state index contributed by atoms with van der Waals surface area (Å²) < 4.78 is 0. The highest BCUT2D eigenvalue weighted by atomic mass is 32.1. The SMILES string of the molecule is CC1c2c(cccc2-c2cccc(NC(=O)c3cccc(-c4cccs4)c3)c2)NN1C. The quantitative estimate of drug-likeness (QED) is 0.384. The van der Waals surface area contributed by atoms with Gasteiger partial charge in [0.05, 0.1) is 11.7 Å². The van der Waals surface area contributed by atoms with Crippen molar-refractivity contribution in [2.75, 3.05) is 17.8 Å². The number of thiophene rings is 1. The molecule has 0 spiro atoms. The van der Waals surface area contributed by atoms with Gasteiger partial charge in [-0.25, -0.2) is 5.01 Å². The number of rotatable bonds is 4. The molecule has 2 N–H and O–H groups in total. The van der Waals surface area contributed by atoms with Gasteiger partial charge >= 0.3 is 0 Å². The predicted octanol–water partition coefficient (Wildman–Crippen LogP) is 6.67. The van der Waals surface area contributed by atoms with Crippen LogP contribution in [0.15, 0.2) is 84.2 Å². The third kappa shape index (κ3) is 3.74. The Morgan fingerprint density at radius 2 is 1.77 bits per heavy atom. The molecule has 1 atom stereocenters. The molecule has 4 nitrogen and oxygen atoms in total. The molecule has 3 aromatic carbocycles. The van der Waals surface area contributed by atoms with E-state index in [1.54, 1.807) is 11.3 Å². The highest BCUT2D eigenvalue weighted by Gasteiger charge is 2.26. The van der Waals surface area contributed by atoms with Crippen molar-refractivity contribution in [1.82, 2.24) is 5.01 Å². The van der Waals surface area contributed by atoms with Gasteiger partial charge in [-0.2, -0.15) is 0 Å². The van der Waals surface area contributed by atoms with Crippen LogP contribution in [0.4, 0.5) is 11.4 Å². The van der Waals surface area contributed by atoms with Crippen molar-refractivity contribution < 1.29 is 4.79 Å².